The summed E-state index contributed by atoms with van der Waals surface area (Å²) in [6.07, 6.45) is 0. The molecule has 1 saturated heterocycles. The molecule has 0 saturated carbocycles. The van der Waals surface area contributed by atoms with Gasteiger partial charge in [-0.15, -0.1) is 0 Å². The van der Waals surface area contributed by atoms with Crippen molar-refractivity contribution in [3.63, 3.8) is 0 Å². The van der Waals surface area contributed by atoms with Crippen molar-refractivity contribution < 1.29 is 10.3 Å². The van der Waals surface area contributed by atoms with Crippen LogP contribution in [-0.2, 0) is 0 Å². The minimum absolute atomic E-state index is 0.257. The van der Waals surface area contributed by atoms with Crippen LogP contribution < -0.4 is 15.4 Å². The van der Waals surface area contributed by atoms with E-state index in [9.17, 15) is 0 Å². The van der Waals surface area contributed by atoms with E-state index in [1.807, 2.05) is 0 Å². The van der Waals surface area contributed by atoms with Gasteiger partial charge >= 0.3 is 15.1 Å². The first kappa shape index (κ1) is 4.24. The Hall–Kier alpha value is 0.0748. The van der Waals surface area contributed by atoms with E-state index in [1.165, 1.54) is 7.55 Å². The lowest BCUT2D eigenvalue weighted by atomic mass is 9.85. The third-order valence-electron chi connectivity index (χ3n) is 1.47. The van der Waals surface area contributed by atoms with Crippen LogP contribution in [0.25, 0.3) is 0 Å². The van der Waals surface area contributed by atoms with Gasteiger partial charge in [0.1, 0.15) is 0 Å². The molecule has 0 radical (unpaired) electrons. The molecule has 5 N–H and O–H groups in total. The maximum Gasteiger partial charge on any atom is 0.399 e. The van der Waals surface area contributed by atoms with Crippen molar-refractivity contribution in [3.8, 4) is 0 Å². The highest BCUT2D eigenvalue weighted by molar-refractivity contribution is 6.49. The lowest BCUT2D eigenvalue weighted by Crippen LogP contribution is -3.17. The van der Waals surface area contributed by atoms with Gasteiger partial charge in [-0.05, 0) is 0 Å². The molecule has 0 aromatic carbocycles. The predicted octanol–water partition coefficient (Wildman–Crippen LogP) is -6.02. The third kappa shape index (κ3) is 1.04. The molecule has 1 fully saturated rings. The molecule has 6 heteroatoms. The van der Waals surface area contributed by atoms with E-state index in [1.54, 1.807) is 0 Å². The Balaban J connectivity index is 2.00. The van der Waals surface area contributed by atoms with E-state index >= 15 is 0 Å². The van der Waals surface area contributed by atoms with Gasteiger partial charge in [0.2, 0.25) is 7.55 Å². The molecule has 0 spiro atoms. The van der Waals surface area contributed by atoms with Crippen LogP contribution in [-0.4, -0.2) is 22.6 Å². The number of hydrogen-bond donors (Lipinski definition) is 3. The van der Waals surface area contributed by atoms with Crippen molar-refractivity contribution in [1.82, 2.24) is 5.14 Å². The molecule has 1 heterocycles. The Labute approximate surface area is 39.1 Å². The minimum Gasteiger partial charge on any atom is -0.685 e. The summed E-state index contributed by atoms with van der Waals surface area (Å²) in [4.78, 5) is 0. The number of nitrogens with two attached hydrogens (primary N) is 2. The van der Waals surface area contributed by atoms with E-state index in [0.717, 1.165) is 0 Å². The molecule has 0 atom stereocenters. The summed E-state index contributed by atoms with van der Waals surface area (Å²) in [5, 5.41) is 8.19. The zero-order valence-corrected chi connectivity index (χ0v) is 4.36. The molecule has 0 aliphatic carbocycles. The maximum atomic E-state index is 3.33. The standard InChI is InChI=1S/B3H10N3/c1-4-2-6-3-5-1/h1,4H,2-3,5-6H2. The van der Waals surface area contributed by atoms with Crippen LogP contribution in [0.2, 0.25) is 0 Å². The van der Waals surface area contributed by atoms with Crippen molar-refractivity contribution in [2.24, 2.45) is 0 Å². The van der Waals surface area contributed by atoms with Crippen LogP contribution in [0.3, 0.4) is 0 Å². The number of hydrogen-bond acceptors (Lipinski definition) is 1. The van der Waals surface area contributed by atoms with Crippen LogP contribution >= 0.6 is 0 Å². The molecule has 3 nitrogen and oxygen atoms in total. The van der Waals surface area contributed by atoms with Crippen LogP contribution in [0.5, 0.6) is 0 Å². The summed E-state index contributed by atoms with van der Waals surface area (Å²) in [6.45, 7) is 0. The number of nitrogens with one attached hydrogen (secondary N) is 1. The average molecular weight is 84.5 g/mol. The first-order chi connectivity index (χ1) is 3.00. The predicted molar refractivity (Wildman–Crippen MR) is 31.2 cm³/mol. The van der Waals surface area contributed by atoms with Gasteiger partial charge in [-0.3, -0.25) is 0 Å². The van der Waals surface area contributed by atoms with Gasteiger partial charge in [-0.1, -0.05) is 0 Å². The Morgan fingerprint density at radius 1 is 1.67 bits per heavy atom. The Morgan fingerprint density at radius 3 is 2.83 bits per heavy atom. The van der Waals surface area contributed by atoms with Crippen molar-refractivity contribution in [2.45, 2.75) is 0 Å². The fourth-order valence-corrected chi connectivity index (χ4v) is 1.05. The molecule has 1 aliphatic rings. The Bertz CT molecular complexity index is 21.5. The maximum absolute atomic E-state index is 3.33. The van der Waals surface area contributed by atoms with Crippen LogP contribution in [0.15, 0.2) is 0 Å². The fraction of sp³-hybridized carbons (Fsp3) is 0. The molecular weight excluding hydrogens is 74.5 g/mol. The van der Waals surface area contributed by atoms with Gasteiger partial charge < -0.3 is 15.4 Å². The summed E-state index contributed by atoms with van der Waals surface area (Å²) >= 11 is 0. The molecule has 1 rings (SSSR count). The molecule has 0 aromatic heterocycles. The number of rotatable bonds is 0. The summed E-state index contributed by atoms with van der Waals surface area (Å²) in [5.41, 5.74) is 0. The van der Waals surface area contributed by atoms with Gasteiger partial charge in [0.25, 0.3) is 0 Å². The topological polar surface area (TPSA) is 45.2 Å². The molecule has 1 aliphatic heterocycles. The van der Waals surface area contributed by atoms with Crippen molar-refractivity contribution >= 4 is 22.6 Å². The zero-order valence-electron chi connectivity index (χ0n) is 4.36. The van der Waals surface area contributed by atoms with E-state index in [-0.39, 0.29) is 7.55 Å². The van der Waals surface area contributed by atoms with Gasteiger partial charge in [0, 0.05) is 0 Å². The van der Waals surface area contributed by atoms with Gasteiger partial charge in [-0.25, -0.2) is 0 Å². The van der Waals surface area contributed by atoms with Crippen LogP contribution in [0.1, 0.15) is 0 Å². The molecule has 34 valence electrons. The summed E-state index contributed by atoms with van der Waals surface area (Å²) in [7, 11) is 1.81. The third-order valence-corrected chi connectivity index (χ3v) is 1.47. The van der Waals surface area contributed by atoms with E-state index in [2.05, 4.69) is 15.4 Å². The van der Waals surface area contributed by atoms with E-state index < -0.39 is 0 Å². The second-order valence-electron chi connectivity index (χ2n) is 2.17. The molecule has 0 bridgehead atoms. The van der Waals surface area contributed by atoms with E-state index in [4.69, 9.17) is 0 Å². The minimum atomic E-state index is 0.257. The fourth-order valence-electron chi connectivity index (χ4n) is 1.05. The number of quaternary nitrogens is 2. The average Bonchev–Trinajstić information content (AvgIpc) is 1.72. The lowest BCUT2D eigenvalue weighted by molar-refractivity contribution is -0.500. The van der Waals surface area contributed by atoms with Crippen LogP contribution in [0.4, 0.5) is 0 Å². The highest BCUT2D eigenvalue weighted by atomic mass is 15.0. The smallest absolute Gasteiger partial charge is 0.399 e. The normalized spacial score (nSPS) is 22.7. The molecule has 0 aromatic rings. The Kier molecular flexibility index (Phi) is 1.61. The largest absolute Gasteiger partial charge is 0.685 e. The first-order valence-electron chi connectivity index (χ1n) is 2.99. The summed E-state index contributed by atoms with van der Waals surface area (Å²) < 4.78 is 0. The highest BCUT2D eigenvalue weighted by Gasteiger charge is 1.93. The van der Waals surface area contributed by atoms with Crippen molar-refractivity contribution in [2.75, 3.05) is 0 Å². The lowest BCUT2D eigenvalue weighted by Gasteiger charge is -2.18. The van der Waals surface area contributed by atoms with E-state index in [0.29, 0.717) is 7.55 Å². The Morgan fingerprint density at radius 2 is 2.67 bits per heavy atom. The monoisotopic (exact) mass is 85.1 g/mol. The molecule has 6 heavy (non-hydrogen) atoms. The summed E-state index contributed by atoms with van der Waals surface area (Å²) in [6, 6.07) is 0. The first-order valence-corrected chi connectivity index (χ1v) is 2.99. The van der Waals surface area contributed by atoms with Gasteiger partial charge in [0.05, 0.1) is 0 Å². The van der Waals surface area contributed by atoms with Gasteiger partial charge in [0.15, 0.2) is 0 Å². The molecule has 0 unspecified atom stereocenters. The second-order valence-corrected chi connectivity index (χ2v) is 2.17. The van der Waals surface area contributed by atoms with Gasteiger partial charge in [-0.2, -0.15) is 0 Å². The quantitative estimate of drug-likeness (QED) is 0.252. The molecular formula is H10B3N3. The van der Waals surface area contributed by atoms with Crippen molar-refractivity contribution in [3.05, 3.63) is 0 Å². The summed E-state index contributed by atoms with van der Waals surface area (Å²) in [5.74, 6) is 0. The zero-order chi connectivity index (χ0) is 4.24. The highest BCUT2D eigenvalue weighted by Crippen LogP contribution is 1.20. The van der Waals surface area contributed by atoms with Crippen LogP contribution in [0, 0.1) is 0 Å². The SMILES string of the molecule is B1N[BH2-][NH2+][BH2-][NH2+]1. The second kappa shape index (κ2) is 2.28. The van der Waals surface area contributed by atoms with Crippen molar-refractivity contribution in [1.29, 1.82) is 0 Å². The molecule has 0 amide bonds.